The van der Waals surface area contributed by atoms with Crippen molar-refractivity contribution in [1.29, 1.82) is 0 Å². The van der Waals surface area contributed by atoms with E-state index in [0.717, 1.165) is 42.6 Å². The highest BCUT2D eigenvalue weighted by Gasteiger charge is 2.52. The van der Waals surface area contributed by atoms with Crippen molar-refractivity contribution in [2.75, 3.05) is 4.90 Å². The number of fused-ring (bicyclic) bond motifs is 13. The SMILES string of the molecule is [2H]C1(c2ccccc2N(c2ccc3c(c2)C2(c4ccccc4-3)c3cc(C(C)(C)C)ccc3-c3ccc(C(C)(C)C)cc32)c2cccc3c2-c2ccccc2C3(C)C)CCCCC1. The van der Waals surface area contributed by atoms with Crippen LogP contribution in [0, 0.1) is 0 Å². The van der Waals surface area contributed by atoms with Gasteiger partial charge < -0.3 is 4.90 Å². The third kappa shape index (κ3) is 5.51. The molecule has 0 unspecified atom stereocenters. The Bertz CT molecular complexity index is 2900. The van der Waals surface area contributed by atoms with Crippen molar-refractivity contribution in [3.05, 3.63) is 196 Å². The molecule has 0 amide bonds. The number of benzene rings is 7. The van der Waals surface area contributed by atoms with Gasteiger partial charge in [0.05, 0.1) is 11.1 Å². The van der Waals surface area contributed by atoms with Crippen LogP contribution in [0.15, 0.2) is 146 Å². The summed E-state index contributed by atoms with van der Waals surface area (Å²) in [7, 11) is 0. The third-order valence-corrected chi connectivity index (χ3v) is 15.0. The Morgan fingerprint density at radius 3 is 1.64 bits per heavy atom. The highest BCUT2D eigenvalue weighted by molar-refractivity contribution is 5.99. The molecule has 7 aromatic rings. The average Bonchev–Trinajstić information content (AvgIpc) is 3.82. The van der Waals surface area contributed by atoms with Crippen molar-refractivity contribution in [2.45, 2.75) is 115 Å². The standard InChI is InChI=1S/C60H59N/c1-57(2,3)39-29-32-44-45-33-30-40(58(4,5)6)36-52(45)60(51(44)35-39)49-25-16-12-22-43(49)46-34-31-41(37-53(46)60)61(54-27-17-14-21-42(54)38-19-10-9-11-20-38)55-28-18-26-50-56(55)47-23-13-15-24-48(47)59(50,7)8/h12-18,21-38H,9-11,19-20H2,1-8H3/i38D. The van der Waals surface area contributed by atoms with Gasteiger partial charge in [0.15, 0.2) is 0 Å². The van der Waals surface area contributed by atoms with Gasteiger partial charge in [-0.3, -0.25) is 0 Å². The lowest BCUT2D eigenvalue weighted by Crippen LogP contribution is -2.27. The highest BCUT2D eigenvalue weighted by Crippen LogP contribution is 2.65. The monoisotopic (exact) mass is 794 g/mol. The normalized spacial score (nSPS) is 17.5. The second kappa shape index (κ2) is 13.4. The maximum atomic E-state index is 10.2. The Balaban J connectivity index is 1.25. The van der Waals surface area contributed by atoms with E-state index in [1.54, 1.807) is 0 Å². The van der Waals surface area contributed by atoms with Crippen molar-refractivity contribution in [3.8, 4) is 33.4 Å². The van der Waals surface area contributed by atoms with Gasteiger partial charge in [0, 0.05) is 23.7 Å². The van der Waals surface area contributed by atoms with Crippen LogP contribution in [0.1, 0.15) is 145 Å². The summed E-state index contributed by atoms with van der Waals surface area (Å²) in [6.45, 7) is 18.8. The minimum atomic E-state index is -0.660. The van der Waals surface area contributed by atoms with E-state index < -0.39 is 11.3 Å². The second-order valence-corrected chi connectivity index (χ2v) is 20.9. The van der Waals surface area contributed by atoms with Crippen LogP contribution in [0.3, 0.4) is 0 Å². The zero-order valence-electron chi connectivity index (χ0n) is 38.3. The lowest BCUT2D eigenvalue weighted by molar-refractivity contribution is 0.444. The molecule has 1 saturated carbocycles. The molecule has 0 bridgehead atoms. The summed E-state index contributed by atoms with van der Waals surface area (Å²) in [4.78, 5) is 2.56. The third-order valence-electron chi connectivity index (χ3n) is 15.0. The Kier molecular flexibility index (Phi) is 8.17. The lowest BCUT2D eigenvalue weighted by Gasteiger charge is -2.35. The molecule has 0 aliphatic heterocycles. The summed E-state index contributed by atoms with van der Waals surface area (Å²) >= 11 is 0. The Labute approximate surface area is 365 Å². The summed E-state index contributed by atoms with van der Waals surface area (Å²) in [6.07, 6.45) is 5.14. The van der Waals surface area contributed by atoms with Crippen LogP contribution in [0.5, 0.6) is 0 Å². The van der Waals surface area contributed by atoms with Crippen LogP contribution in [0.4, 0.5) is 17.1 Å². The molecule has 1 nitrogen and oxygen atoms in total. The van der Waals surface area contributed by atoms with Crippen molar-refractivity contribution >= 4 is 17.1 Å². The predicted octanol–water partition coefficient (Wildman–Crippen LogP) is 16.4. The fourth-order valence-corrected chi connectivity index (χ4v) is 11.8. The maximum Gasteiger partial charge on any atom is 0.0726 e. The molecule has 0 saturated heterocycles. The van der Waals surface area contributed by atoms with Crippen LogP contribution >= 0.6 is 0 Å². The van der Waals surface area contributed by atoms with Gasteiger partial charge in [0.1, 0.15) is 0 Å². The van der Waals surface area contributed by atoms with E-state index in [0.29, 0.717) is 0 Å². The van der Waals surface area contributed by atoms with Gasteiger partial charge in [-0.15, -0.1) is 0 Å². The summed E-state index contributed by atoms with van der Waals surface area (Å²) in [5.74, 6) is -0.660. The van der Waals surface area contributed by atoms with Gasteiger partial charge in [-0.1, -0.05) is 196 Å². The zero-order valence-corrected chi connectivity index (χ0v) is 37.3. The Hall–Kier alpha value is -5.66. The van der Waals surface area contributed by atoms with Crippen LogP contribution < -0.4 is 4.90 Å². The summed E-state index contributed by atoms with van der Waals surface area (Å²) in [5.41, 5.74) is 22.6. The molecule has 0 N–H and O–H groups in total. The van der Waals surface area contributed by atoms with E-state index in [2.05, 4.69) is 206 Å². The zero-order chi connectivity index (χ0) is 43.0. The van der Waals surface area contributed by atoms with Crippen LogP contribution in [0.25, 0.3) is 33.4 Å². The molecule has 7 aromatic carbocycles. The first-order valence-electron chi connectivity index (χ1n) is 23.3. The maximum absolute atomic E-state index is 10.2. The van der Waals surface area contributed by atoms with Gasteiger partial charge in [-0.05, 0) is 132 Å². The number of anilines is 3. The average molecular weight is 795 g/mol. The van der Waals surface area contributed by atoms with Crippen LogP contribution in [-0.4, -0.2) is 0 Å². The quantitative estimate of drug-likeness (QED) is 0.172. The molecule has 0 aromatic heterocycles. The molecule has 0 radical (unpaired) electrons. The molecule has 4 aliphatic carbocycles. The summed E-state index contributed by atoms with van der Waals surface area (Å²) in [5, 5.41) is 0. The second-order valence-electron chi connectivity index (χ2n) is 20.9. The molecule has 1 spiro atoms. The summed E-state index contributed by atoms with van der Waals surface area (Å²) in [6, 6.07) is 56.1. The first kappa shape index (κ1) is 37.1. The van der Waals surface area contributed by atoms with Gasteiger partial charge in [0.2, 0.25) is 0 Å². The van der Waals surface area contributed by atoms with Crippen molar-refractivity contribution in [1.82, 2.24) is 0 Å². The summed E-state index contributed by atoms with van der Waals surface area (Å²) < 4.78 is 10.2. The minimum absolute atomic E-state index is 0.0199. The molecular formula is C60H59N. The first-order valence-corrected chi connectivity index (χ1v) is 22.8. The number of para-hydroxylation sites is 1. The van der Waals surface area contributed by atoms with Crippen molar-refractivity contribution in [3.63, 3.8) is 0 Å². The molecular weight excluding hydrogens is 735 g/mol. The fraction of sp³-hybridized carbons (Fsp3) is 0.300. The molecule has 1 fully saturated rings. The van der Waals surface area contributed by atoms with E-state index in [4.69, 9.17) is 0 Å². The van der Waals surface area contributed by atoms with Crippen molar-refractivity contribution in [2.24, 2.45) is 0 Å². The van der Waals surface area contributed by atoms with E-state index in [1.165, 1.54) is 90.0 Å². The minimum Gasteiger partial charge on any atom is -0.310 e. The molecule has 0 heterocycles. The molecule has 61 heavy (non-hydrogen) atoms. The Morgan fingerprint density at radius 1 is 0.475 bits per heavy atom. The van der Waals surface area contributed by atoms with E-state index >= 15 is 0 Å². The van der Waals surface area contributed by atoms with Crippen LogP contribution in [-0.2, 0) is 21.7 Å². The molecule has 4 aliphatic rings. The fourth-order valence-electron chi connectivity index (χ4n) is 11.8. The number of hydrogen-bond donors (Lipinski definition) is 0. The molecule has 0 atom stereocenters. The molecule has 1 heteroatoms. The van der Waals surface area contributed by atoms with Gasteiger partial charge >= 0.3 is 0 Å². The predicted molar refractivity (Wildman–Crippen MR) is 258 cm³/mol. The van der Waals surface area contributed by atoms with Gasteiger partial charge in [0.25, 0.3) is 0 Å². The highest BCUT2D eigenvalue weighted by atomic mass is 15.1. The van der Waals surface area contributed by atoms with Crippen molar-refractivity contribution < 1.29 is 1.37 Å². The van der Waals surface area contributed by atoms with E-state index in [9.17, 15) is 1.37 Å². The number of rotatable bonds is 4. The van der Waals surface area contributed by atoms with Gasteiger partial charge in [-0.2, -0.15) is 0 Å². The van der Waals surface area contributed by atoms with E-state index in [1.807, 2.05) is 0 Å². The lowest BCUT2D eigenvalue weighted by atomic mass is 9.68. The van der Waals surface area contributed by atoms with Crippen LogP contribution in [0.2, 0.25) is 0 Å². The molecule has 304 valence electrons. The first-order chi connectivity index (χ1) is 29.6. The molecule has 11 rings (SSSR count). The van der Waals surface area contributed by atoms with Gasteiger partial charge in [-0.25, -0.2) is 0 Å². The largest absolute Gasteiger partial charge is 0.310 e. The topological polar surface area (TPSA) is 3.24 Å². The number of hydrogen-bond acceptors (Lipinski definition) is 1. The number of nitrogens with zero attached hydrogens (tertiary/aromatic N) is 1. The smallest absolute Gasteiger partial charge is 0.0726 e. The van der Waals surface area contributed by atoms with E-state index in [-0.39, 0.29) is 16.2 Å². The Morgan fingerprint density at radius 2 is 0.984 bits per heavy atom.